The Morgan fingerprint density at radius 1 is 0.529 bits per heavy atom. The number of unbranched alkanes of at least 4 members (excludes halogenated alkanes) is 12. The molecule has 0 fully saturated rings. The molecule has 1 atom stereocenters. The van der Waals surface area contributed by atoms with Crippen molar-refractivity contribution in [2.45, 2.75) is 117 Å². The molecule has 0 amide bonds. The lowest BCUT2D eigenvalue weighted by Crippen LogP contribution is -2.01. The fourth-order valence-electron chi connectivity index (χ4n) is 4.35. The van der Waals surface area contributed by atoms with E-state index in [2.05, 4.69) is 69.3 Å². The van der Waals surface area contributed by atoms with Gasteiger partial charge in [-0.05, 0) is 48.6 Å². The monoisotopic (exact) mass is 466 g/mol. The van der Waals surface area contributed by atoms with Crippen LogP contribution in [-0.2, 0) is 4.74 Å². The molecule has 0 aromatic heterocycles. The lowest BCUT2D eigenvalue weighted by Gasteiger charge is -2.14. The van der Waals surface area contributed by atoms with E-state index in [1.54, 1.807) is 0 Å². The second kappa shape index (κ2) is 18.5. The Balaban J connectivity index is 1.61. The highest BCUT2D eigenvalue weighted by Gasteiger charge is 2.07. The van der Waals surface area contributed by atoms with Gasteiger partial charge in [0.1, 0.15) is 5.75 Å². The summed E-state index contributed by atoms with van der Waals surface area (Å²) in [5.41, 5.74) is 3.71. The van der Waals surface area contributed by atoms with Crippen LogP contribution in [0.25, 0.3) is 11.1 Å². The average molecular weight is 467 g/mol. The molecule has 0 N–H and O–H groups in total. The van der Waals surface area contributed by atoms with Gasteiger partial charge in [-0.15, -0.1) is 0 Å². The molecule has 0 aliphatic carbocycles. The fourth-order valence-corrected chi connectivity index (χ4v) is 4.35. The maximum absolute atomic E-state index is 6.11. The van der Waals surface area contributed by atoms with Crippen molar-refractivity contribution in [1.82, 2.24) is 0 Å². The van der Waals surface area contributed by atoms with Crippen molar-refractivity contribution in [3.8, 4) is 16.9 Å². The second-order valence-electron chi connectivity index (χ2n) is 9.75. The highest BCUT2D eigenvalue weighted by molar-refractivity contribution is 5.64. The number of ether oxygens (including phenoxy) is 2. The van der Waals surface area contributed by atoms with Gasteiger partial charge in [-0.3, -0.25) is 0 Å². The Labute approximate surface area is 210 Å². The summed E-state index contributed by atoms with van der Waals surface area (Å²) in [4.78, 5) is 0. The zero-order chi connectivity index (χ0) is 24.3. The molecule has 0 aliphatic heterocycles. The number of hydrogen-bond acceptors (Lipinski definition) is 2. The van der Waals surface area contributed by atoms with Crippen molar-refractivity contribution in [1.29, 1.82) is 0 Å². The minimum atomic E-state index is 0.149. The van der Waals surface area contributed by atoms with Gasteiger partial charge in [-0.2, -0.15) is 0 Å². The first kappa shape index (κ1) is 28.4. The van der Waals surface area contributed by atoms with Crippen molar-refractivity contribution in [3.63, 3.8) is 0 Å². The van der Waals surface area contributed by atoms with Gasteiger partial charge in [0.05, 0.1) is 12.7 Å². The first-order valence-electron chi connectivity index (χ1n) is 14.2. The molecule has 0 saturated carbocycles. The third-order valence-electron chi connectivity index (χ3n) is 6.70. The van der Waals surface area contributed by atoms with Gasteiger partial charge in [-0.25, -0.2) is 0 Å². The van der Waals surface area contributed by atoms with Gasteiger partial charge in [0.15, 0.2) is 0 Å². The van der Waals surface area contributed by atoms with Crippen LogP contribution < -0.4 is 4.74 Å². The smallest absolute Gasteiger partial charge is 0.119 e. The molecular weight excluding hydrogens is 416 g/mol. The normalized spacial score (nSPS) is 12.1. The van der Waals surface area contributed by atoms with E-state index in [0.717, 1.165) is 25.4 Å². The summed E-state index contributed by atoms with van der Waals surface area (Å²) in [6, 6.07) is 17.3. The summed E-state index contributed by atoms with van der Waals surface area (Å²) in [6.07, 6.45) is 18.7. The molecule has 2 nitrogen and oxygen atoms in total. The van der Waals surface area contributed by atoms with Gasteiger partial charge in [0.2, 0.25) is 0 Å². The largest absolute Gasteiger partial charge is 0.494 e. The van der Waals surface area contributed by atoms with E-state index < -0.39 is 0 Å². The SMILES string of the molecule is CCCCCCCCCCCCOC(C)c1ccc(-c2ccc(OCCCCCC)cc2)cc1. The Morgan fingerprint density at radius 3 is 1.53 bits per heavy atom. The van der Waals surface area contributed by atoms with Crippen LogP contribution in [0.15, 0.2) is 48.5 Å². The van der Waals surface area contributed by atoms with Crippen LogP contribution in [-0.4, -0.2) is 13.2 Å². The number of benzene rings is 2. The summed E-state index contributed by atoms with van der Waals surface area (Å²) in [7, 11) is 0. The summed E-state index contributed by atoms with van der Waals surface area (Å²) < 4.78 is 12.0. The van der Waals surface area contributed by atoms with Crippen molar-refractivity contribution in [3.05, 3.63) is 54.1 Å². The highest BCUT2D eigenvalue weighted by atomic mass is 16.5. The van der Waals surface area contributed by atoms with Crippen LogP contribution in [0.1, 0.15) is 122 Å². The van der Waals surface area contributed by atoms with Crippen molar-refractivity contribution in [2.24, 2.45) is 0 Å². The third kappa shape index (κ3) is 12.1. The lowest BCUT2D eigenvalue weighted by molar-refractivity contribution is 0.0627. The fraction of sp³-hybridized carbons (Fsp3) is 0.625. The maximum Gasteiger partial charge on any atom is 0.119 e. The highest BCUT2D eigenvalue weighted by Crippen LogP contribution is 2.25. The lowest BCUT2D eigenvalue weighted by atomic mass is 10.0. The molecular formula is C32H50O2. The Morgan fingerprint density at radius 2 is 0.971 bits per heavy atom. The van der Waals surface area contributed by atoms with Gasteiger partial charge >= 0.3 is 0 Å². The molecule has 0 saturated heterocycles. The van der Waals surface area contributed by atoms with Crippen molar-refractivity contribution < 1.29 is 9.47 Å². The molecule has 2 heteroatoms. The maximum atomic E-state index is 6.11. The van der Waals surface area contributed by atoms with Crippen LogP contribution in [0.3, 0.4) is 0 Å². The minimum Gasteiger partial charge on any atom is -0.494 e. The summed E-state index contributed by atoms with van der Waals surface area (Å²) in [5, 5.41) is 0. The molecule has 2 rings (SSSR count). The predicted octanol–water partition coefficient (Wildman–Crippen LogP) is 10.3. The van der Waals surface area contributed by atoms with E-state index in [1.807, 2.05) is 0 Å². The molecule has 2 aromatic carbocycles. The molecule has 0 radical (unpaired) electrons. The van der Waals surface area contributed by atoms with E-state index in [9.17, 15) is 0 Å². The summed E-state index contributed by atoms with van der Waals surface area (Å²) in [5.74, 6) is 0.964. The molecule has 2 aromatic rings. The van der Waals surface area contributed by atoms with Gasteiger partial charge in [-0.1, -0.05) is 127 Å². The zero-order valence-corrected chi connectivity index (χ0v) is 22.3. The predicted molar refractivity (Wildman–Crippen MR) is 148 cm³/mol. The minimum absolute atomic E-state index is 0.149. The first-order chi connectivity index (χ1) is 16.7. The van der Waals surface area contributed by atoms with Crippen LogP contribution in [0, 0.1) is 0 Å². The van der Waals surface area contributed by atoms with Crippen molar-refractivity contribution in [2.75, 3.05) is 13.2 Å². The Kier molecular flexibility index (Phi) is 15.5. The average Bonchev–Trinajstić information content (AvgIpc) is 2.87. The van der Waals surface area contributed by atoms with Gasteiger partial charge < -0.3 is 9.47 Å². The molecule has 34 heavy (non-hydrogen) atoms. The van der Waals surface area contributed by atoms with Gasteiger partial charge in [0.25, 0.3) is 0 Å². The van der Waals surface area contributed by atoms with Gasteiger partial charge in [0, 0.05) is 6.61 Å². The van der Waals surface area contributed by atoms with Crippen LogP contribution in [0.4, 0.5) is 0 Å². The molecule has 0 heterocycles. The molecule has 1 unspecified atom stereocenters. The molecule has 0 aliphatic rings. The zero-order valence-electron chi connectivity index (χ0n) is 22.3. The third-order valence-corrected chi connectivity index (χ3v) is 6.70. The van der Waals surface area contributed by atoms with Crippen molar-refractivity contribution >= 4 is 0 Å². The summed E-state index contributed by atoms with van der Waals surface area (Å²) in [6.45, 7) is 8.35. The van der Waals surface area contributed by atoms with Crippen LogP contribution >= 0.6 is 0 Å². The van der Waals surface area contributed by atoms with E-state index in [0.29, 0.717) is 0 Å². The molecule has 190 valence electrons. The molecule has 0 spiro atoms. The first-order valence-corrected chi connectivity index (χ1v) is 14.2. The van der Waals surface area contributed by atoms with E-state index >= 15 is 0 Å². The van der Waals surface area contributed by atoms with Crippen LogP contribution in [0.2, 0.25) is 0 Å². The topological polar surface area (TPSA) is 18.5 Å². The number of hydrogen-bond donors (Lipinski definition) is 0. The second-order valence-corrected chi connectivity index (χ2v) is 9.75. The standard InChI is InChI=1S/C32H50O2/c1-4-6-8-10-11-12-13-14-15-17-26-33-28(3)29-18-20-30(21-19-29)31-22-24-32(25-23-31)34-27-16-9-7-5-2/h18-25,28H,4-17,26-27H2,1-3H3. The van der Waals surface area contributed by atoms with E-state index in [4.69, 9.17) is 9.47 Å². The Bertz CT molecular complexity index is 720. The summed E-state index contributed by atoms with van der Waals surface area (Å²) >= 11 is 0. The quantitative estimate of drug-likeness (QED) is 0.181. The number of rotatable bonds is 20. The van der Waals surface area contributed by atoms with Crippen LogP contribution in [0.5, 0.6) is 5.75 Å². The molecule has 0 bridgehead atoms. The van der Waals surface area contributed by atoms with E-state index in [1.165, 1.54) is 100 Å². The van der Waals surface area contributed by atoms with E-state index in [-0.39, 0.29) is 6.10 Å². The Hall–Kier alpha value is -1.80.